The topological polar surface area (TPSA) is 91.8 Å². The SMILES string of the molecule is COc1cc(-c2scnc2C)ccc1CNC(=O)C1CCCN1C(=O)C(N1Cc2ccccc2C1=O)C(C)(C)C. The van der Waals surface area contributed by atoms with Crippen molar-refractivity contribution in [3.8, 4) is 16.2 Å². The predicted octanol–water partition coefficient (Wildman–Crippen LogP) is 4.81. The van der Waals surface area contributed by atoms with Gasteiger partial charge in [0.05, 0.1) is 23.2 Å². The number of ether oxygens (including phenoxy) is 1. The first kappa shape index (κ1) is 27.8. The number of hydrogen-bond acceptors (Lipinski definition) is 6. The Morgan fingerprint density at radius 3 is 2.65 bits per heavy atom. The summed E-state index contributed by atoms with van der Waals surface area (Å²) in [6.45, 7) is 9.06. The molecule has 8 nitrogen and oxygen atoms in total. The number of fused-ring (bicyclic) bond motifs is 1. The molecule has 0 aliphatic carbocycles. The van der Waals surface area contributed by atoms with Crippen LogP contribution in [0, 0.1) is 12.3 Å². The lowest BCUT2D eigenvalue weighted by Gasteiger charge is -2.40. The Balaban J connectivity index is 1.30. The van der Waals surface area contributed by atoms with Crippen molar-refractivity contribution < 1.29 is 19.1 Å². The monoisotopic (exact) mass is 560 g/mol. The number of carbonyl (C=O) groups is 3. The molecule has 40 heavy (non-hydrogen) atoms. The molecule has 0 radical (unpaired) electrons. The van der Waals surface area contributed by atoms with E-state index in [9.17, 15) is 14.4 Å². The maximum atomic E-state index is 14.1. The summed E-state index contributed by atoms with van der Waals surface area (Å²) in [6, 6.07) is 12.2. The average Bonchev–Trinajstić information content (AvgIpc) is 3.66. The highest BCUT2D eigenvalue weighted by Gasteiger charge is 2.47. The van der Waals surface area contributed by atoms with Gasteiger partial charge in [0.2, 0.25) is 11.8 Å². The molecular weight excluding hydrogens is 524 g/mol. The summed E-state index contributed by atoms with van der Waals surface area (Å²) in [5, 5.41) is 3.03. The number of methoxy groups -OCH3 is 1. The number of carbonyl (C=O) groups excluding carboxylic acids is 3. The number of aromatic nitrogens is 1. The summed E-state index contributed by atoms with van der Waals surface area (Å²) >= 11 is 1.58. The molecule has 2 unspecified atom stereocenters. The molecule has 5 rings (SSSR count). The number of likely N-dealkylation sites (tertiary alicyclic amines) is 1. The number of thiazole rings is 1. The second kappa shape index (κ2) is 11.0. The van der Waals surface area contributed by atoms with Crippen LogP contribution in [0.5, 0.6) is 5.75 Å². The van der Waals surface area contributed by atoms with Gasteiger partial charge in [0.25, 0.3) is 5.91 Å². The van der Waals surface area contributed by atoms with Gasteiger partial charge in [-0.1, -0.05) is 51.1 Å². The van der Waals surface area contributed by atoms with Gasteiger partial charge < -0.3 is 19.9 Å². The second-order valence-corrected chi connectivity index (χ2v) is 12.4. The number of benzene rings is 2. The summed E-state index contributed by atoms with van der Waals surface area (Å²) in [5.41, 5.74) is 5.72. The fourth-order valence-corrected chi connectivity index (χ4v) is 6.63. The standard InChI is InChI=1S/C31H36N4O4S/c1-19-26(40-18-33-19)20-12-13-21(25(15-20)39-5)16-32-28(36)24-11-8-14-34(24)30(38)27(31(2,3)4)35-17-22-9-6-7-10-23(22)29(35)37/h6-7,9-10,12-13,15,18,24,27H,8,11,14,16-17H2,1-5H3,(H,32,36). The van der Waals surface area contributed by atoms with Gasteiger partial charge in [-0.05, 0) is 48.4 Å². The Bertz CT molecular complexity index is 1440. The Kier molecular flexibility index (Phi) is 7.68. The summed E-state index contributed by atoms with van der Waals surface area (Å²) in [6.07, 6.45) is 1.32. The van der Waals surface area contributed by atoms with Crippen LogP contribution < -0.4 is 10.1 Å². The van der Waals surface area contributed by atoms with Crippen molar-refractivity contribution in [2.45, 2.75) is 65.7 Å². The van der Waals surface area contributed by atoms with Crippen molar-refractivity contribution in [2.24, 2.45) is 5.41 Å². The molecule has 3 heterocycles. The molecule has 1 N–H and O–H groups in total. The van der Waals surface area contributed by atoms with E-state index in [0.29, 0.717) is 30.8 Å². The van der Waals surface area contributed by atoms with Crippen molar-refractivity contribution >= 4 is 29.1 Å². The highest BCUT2D eigenvalue weighted by molar-refractivity contribution is 7.13. The van der Waals surface area contributed by atoms with Crippen LogP contribution in [-0.4, -0.2) is 58.2 Å². The van der Waals surface area contributed by atoms with Crippen molar-refractivity contribution in [3.63, 3.8) is 0 Å². The van der Waals surface area contributed by atoms with Crippen LogP contribution in [0.3, 0.4) is 0 Å². The molecule has 0 saturated carbocycles. The van der Waals surface area contributed by atoms with E-state index in [1.165, 1.54) is 0 Å². The zero-order valence-electron chi connectivity index (χ0n) is 23.7. The van der Waals surface area contributed by atoms with E-state index in [0.717, 1.165) is 33.7 Å². The second-order valence-electron chi connectivity index (χ2n) is 11.6. The third-order valence-corrected chi connectivity index (χ3v) is 8.78. The van der Waals surface area contributed by atoms with E-state index in [-0.39, 0.29) is 24.3 Å². The molecule has 1 aromatic heterocycles. The van der Waals surface area contributed by atoms with Gasteiger partial charge in [-0.2, -0.15) is 0 Å². The summed E-state index contributed by atoms with van der Waals surface area (Å²) in [4.78, 5) is 49.6. The fraction of sp³-hybridized carbons (Fsp3) is 0.419. The predicted molar refractivity (Wildman–Crippen MR) is 155 cm³/mol. The first-order valence-electron chi connectivity index (χ1n) is 13.6. The molecule has 2 aromatic carbocycles. The Morgan fingerprint density at radius 2 is 1.98 bits per heavy atom. The molecule has 1 saturated heterocycles. The van der Waals surface area contributed by atoms with E-state index in [2.05, 4.69) is 10.3 Å². The maximum absolute atomic E-state index is 14.1. The zero-order valence-corrected chi connectivity index (χ0v) is 24.5. The molecular formula is C31H36N4O4S. The Hall–Kier alpha value is -3.72. The van der Waals surface area contributed by atoms with Gasteiger partial charge >= 0.3 is 0 Å². The zero-order chi connectivity index (χ0) is 28.6. The minimum Gasteiger partial charge on any atom is -0.496 e. The minimum atomic E-state index is -0.677. The highest BCUT2D eigenvalue weighted by Crippen LogP contribution is 2.35. The third-order valence-electron chi connectivity index (χ3n) is 7.80. The van der Waals surface area contributed by atoms with Crippen LogP contribution in [-0.2, 0) is 22.7 Å². The number of hydrogen-bond donors (Lipinski definition) is 1. The number of nitrogens with zero attached hydrogens (tertiary/aromatic N) is 3. The first-order valence-corrected chi connectivity index (χ1v) is 14.5. The smallest absolute Gasteiger partial charge is 0.255 e. The van der Waals surface area contributed by atoms with E-state index in [4.69, 9.17) is 4.74 Å². The third kappa shape index (κ3) is 5.22. The van der Waals surface area contributed by atoms with Crippen LogP contribution in [0.1, 0.15) is 60.8 Å². The number of amides is 3. The minimum absolute atomic E-state index is 0.131. The van der Waals surface area contributed by atoms with Crippen LogP contribution >= 0.6 is 11.3 Å². The Morgan fingerprint density at radius 1 is 1.20 bits per heavy atom. The van der Waals surface area contributed by atoms with Crippen LogP contribution in [0.15, 0.2) is 48.0 Å². The molecule has 0 spiro atoms. The van der Waals surface area contributed by atoms with Crippen LogP contribution in [0.25, 0.3) is 10.4 Å². The molecule has 0 bridgehead atoms. The molecule has 1 fully saturated rings. The number of rotatable bonds is 7. The Labute approximate surface area is 239 Å². The van der Waals surface area contributed by atoms with Gasteiger partial charge in [0.1, 0.15) is 17.8 Å². The lowest BCUT2D eigenvalue weighted by atomic mass is 9.84. The molecule has 3 amide bonds. The normalized spacial score (nSPS) is 17.6. The molecule has 2 aliphatic rings. The molecule has 210 valence electrons. The number of aryl methyl sites for hydroxylation is 1. The molecule has 3 aromatic rings. The fourth-order valence-electron chi connectivity index (χ4n) is 5.83. The van der Waals surface area contributed by atoms with Gasteiger partial charge in [0.15, 0.2) is 0 Å². The lowest BCUT2D eigenvalue weighted by Crippen LogP contribution is -2.57. The largest absolute Gasteiger partial charge is 0.496 e. The van der Waals surface area contributed by atoms with Crippen LogP contribution in [0.2, 0.25) is 0 Å². The quantitative estimate of drug-likeness (QED) is 0.448. The molecule has 2 aliphatic heterocycles. The van der Waals surface area contributed by atoms with E-state index in [1.807, 2.05) is 75.7 Å². The highest BCUT2D eigenvalue weighted by atomic mass is 32.1. The average molecular weight is 561 g/mol. The van der Waals surface area contributed by atoms with Crippen molar-refractivity contribution in [2.75, 3.05) is 13.7 Å². The van der Waals surface area contributed by atoms with E-state index >= 15 is 0 Å². The van der Waals surface area contributed by atoms with Crippen molar-refractivity contribution in [3.05, 3.63) is 70.4 Å². The summed E-state index contributed by atoms with van der Waals surface area (Å²) in [7, 11) is 1.62. The summed E-state index contributed by atoms with van der Waals surface area (Å²) < 4.78 is 5.63. The van der Waals surface area contributed by atoms with E-state index in [1.54, 1.807) is 28.2 Å². The summed E-state index contributed by atoms with van der Waals surface area (Å²) in [5.74, 6) is 0.185. The van der Waals surface area contributed by atoms with Gasteiger partial charge in [-0.3, -0.25) is 14.4 Å². The number of nitrogens with one attached hydrogen (secondary N) is 1. The van der Waals surface area contributed by atoms with Crippen molar-refractivity contribution in [1.82, 2.24) is 20.1 Å². The van der Waals surface area contributed by atoms with Gasteiger partial charge in [0, 0.05) is 30.8 Å². The van der Waals surface area contributed by atoms with E-state index < -0.39 is 17.5 Å². The first-order chi connectivity index (χ1) is 19.1. The maximum Gasteiger partial charge on any atom is 0.255 e. The molecule has 9 heteroatoms. The molecule has 2 atom stereocenters. The van der Waals surface area contributed by atoms with Gasteiger partial charge in [-0.15, -0.1) is 11.3 Å². The van der Waals surface area contributed by atoms with Crippen LogP contribution in [0.4, 0.5) is 0 Å². The van der Waals surface area contributed by atoms with Crippen molar-refractivity contribution in [1.29, 1.82) is 0 Å². The lowest BCUT2D eigenvalue weighted by molar-refractivity contribution is -0.145. The van der Waals surface area contributed by atoms with Gasteiger partial charge in [-0.25, -0.2) is 4.98 Å².